The highest BCUT2D eigenvalue weighted by molar-refractivity contribution is 5.74. The van der Waals surface area contributed by atoms with Gasteiger partial charge in [0.25, 0.3) is 0 Å². The SMILES string of the molecule is CCCNC(=O)N1CCN(c2ccc(C#Cc3cnccn3)cc2)CC1. The molecule has 1 aliphatic heterocycles. The second-order valence-electron chi connectivity index (χ2n) is 6.09. The van der Waals surface area contributed by atoms with Crippen LogP contribution in [0.2, 0.25) is 0 Å². The molecule has 0 unspecified atom stereocenters. The molecule has 0 atom stereocenters. The van der Waals surface area contributed by atoms with Crippen molar-refractivity contribution in [2.24, 2.45) is 0 Å². The van der Waals surface area contributed by atoms with Gasteiger partial charge < -0.3 is 15.1 Å². The molecule has 0 bridgehead atoms. The van der Waals surface area contributed by atoms with Crippen LogP contribution in [0.25, 0.3) is 0 Å². The Morgan fingerprint density at radius 1 is 1.12 bits per heavy atom. The summed E-state index contributed by atoms with van der Waals surface area (Å²) in [6.07, 6.45) is 5.87. The summed E-state index contributed by atoms with van der Waals surface area (Å²) in [5.41, 5.74) is 2.76. The maximum absolute atomic E-state index is 12.0. The normalized spacial score (nSPS) is 13.7. The van der Waals surface area contributed by atoms with Crippen molar-refractivity contribution in [2.75, 3.05) is 37.6 Å². The highest BCUT2D eigenvalue weighted by Gasteiger charge is 2.20. The van der Waals surface area contributed by atoms with Crippen molar-refractivity contribution in [3.8, 4) is 11.8 Å². The number of amides is 2. The number of nitrogens with zero attached hydrogens (tertiary/aromatic N) is 4. The van der Waals surface area contributed by atoms with Gasteiger partial charge in [0.2, 0.25) is 0 Å². The topological polar surface area (TPSA) is 61.4 Å². The van der Waals surface area contributed by atoms with Gasteiger partial charge >= 0.3 is 6.03 Å². The van der Waals surface area contributed by atoms with E-state index in [4.69, 9.17) is 0 Å². The summed E-state index contributed by atoms with van der Waals surface area (Å²) >= 11 is 0. The molecule has 1 aromatic heterocycles. The van der Waals surface area contributed by atoms with E-state index in [0.717, 1.165) is 50.4 Å². The number of anilines is 1. The van der Waals surface area contributed by atoms with Crippen molar-refractivity contribution in [3.05, 3.63) is 54.1 Å². The average Bonchev–Trinajstić information content (AvgIpc) is 2.72. The van der Waals surface area contributed by atoms with Crippen LogP contribution >= 0.6 is 0 Å². The minimum atomic E-state index is 0.0427. The quantitative estimate of drug-likeness (QED) is 0.863. The van der Waals surface area contributed by atoms with Crippen LogP contribution in [0.3, 0.4) is 0 Å². The van der Waals surface area contributed by atoms with E-state index in [1.165, 1.54) is 0 Å². The first-order chi connectivity index (χ1) is 12.8. The van der Waals surface area contributed by atoms with Crippen LogP contribution in [0.15, 0.2) is 42.9 Å². The Bertz CT molecular complexity index is 771. The summed E-state index contributed by atoms with van der Waals surface area (Å²) in [7, 11) is 0. The zero-order valence-electron chi connectivity index (χ0n) is 15.0. The standard InChI is InChI=1S/C20H23N5O/c1-2-9-23-20(26)25-14-12-24(13-15-25)19-7-4-17(5-8-19)3-6-18-16-21-10-11-22-18/h4-5,7-8,10-11,16H,2,9,12-15H2,1H3,(H,23,26). The molecule has 1 aliphatic rings. The second-order valence-corrected chi connectivity index (χ2v) is 6.09. The molecule has 134 valence electrons. The number of aromatic nitrogens is 2. The molecule has 6 heteroatoms. The molecule has 2 aromatic rings. The summed E-state index contributed by atoms with van der Waals surface area (Å²) in [6.45, 7) is 5.94. The van der Waals surface area contributed by atoms with Crippen LogP contribution in [0.1, 0.15) is 24.6 Å². The molecular formula is C20H23N5O. The molecule has 2 heterocycles. The largest absolute Gasteiger partial charge is 0.368 e. The zero-order valence-corrected chi connectivity index (χ0v) is 15.0. The van der Waals surface area contributed by atoms with Gasteiger partial charge in [-0.2, -0.15) is 0 Å². The van der Waals surface area contributed by atoms with E-state index >= 15 is 0 Å². The Hall–Kier alpha value is -3.07. The molecule has 6 nitrogen and oxygen atoms in total. The van der Waals surface area contributed by atoms with E-state index in [2.05, 4.69) is 51.1 Å². The van der Waals surface area contributed by atoms with E-state index in [-0.39, 0.29) is 6.03 Å². The lowest BCUT2D eigenvalue weighted by atomic mass is 10.2. The Kier molecular flexibility index (Phi) is 6.05. The van der Waals surface area contributed by atoms with E-state index < -0.39 is 0 Å². The van der Waals surface area contributed by atoms with Gasteiger partial charge in [0.1, 0.15) is 5.69 Å². The lowest BCUT2D eigenvalue weighted by Crippen LogP contribution is -2.52. The van der Waals surface area contributed by atoms with Gasteiger partial charge in [-0.15, -0.1) is 0 Å². The third-order valence-electron chi connectivity index (χ3n) is 4.22. The lowest BCUT2D eigenvalue weighted by molar-refractivity contribution is 0.194. The summed E-state index contributed by atoms with van der Waals surface area (Å²) in [5.74, 6) is 6.11. The van der Waals surface area contributed by atoms with Gasteiger partial charge in [-0.05, 0) is 36.6 Å². The Balaban J connectivity index is 1.55. The van der Waals surface area contributed by atoms with Gasteiger partial charge in [0, 0.05) is 56.4 Å². The molecule has 0 aliphatic carbocycles. The Morgan fingerprint density at radius 3 is 2.54 bits per heavy atom. The molecule has 0 saturated carbocycles. The average molecular weight is 349 g/mol. The second kappa shape index (κ2) is 8.86. The number of carbonyl (C=O) groups is 1. The smallest absolute Gasteiger partial charge is 0.317 e. The predicted molar refractivity (Wildman–Crippen MR) is 102 cm³/mol. The molecule has 1 fully saturated rings. The molecule has 3 rings (SSSR count). The van der Waals surface area contributed by atoms with Crippen molar-refractivity contribution in [1.29, 1.82) is 0 Å². The van der Waals surface area contributed by atoms with Crippen LogP contribution in [-0.2, 0) is 0 Å². The summed E-state index contributed by atoms with van der Waals surface area (Å²) < 4.78 is 0. The predicted octanol–water partition coefficient (Wildman–Crippen LogP) is 2.12. The fraction of sp³-hybridized carbons (Fsp3) is 0.350. The van der Waals surface area contributed by atoms with Crippen LogP contribution in [0.4, 0.5) is 10.5 Å². The van der Waals surface area contributed by atoms with Gasteiger partial charge in [0.05, 0.1) is 6.20 Å². The van der Waals surface area contributed by atoms with E-state index in [9.17, 15) is 4.79 Å². The first-order valence-electron chi connectivity index (χ1n) is 8.92. The van der Waals surface area contributed by atoms with E-state index in [1.807, 2.05) is 17.0 Å². The molecule has 1 N–H and O–H groups in total. The number of piperazine rings is 1. The monoisotopic (exact) mass is 349 g/mol. The van der Waals surface area contributed by atoms with E-state index in [0.29, 0.717) is 5.69 Å². The molecule has 0 radical (unpaired) electrons. The molecule has 26 heavy (non-hydrogen) atoms. The summed E-state index contributed by atoms with van der Waals surface area (Å²) in [5, 5.41) is 2.94. The van der Waals surface area contributed by atoms with Gasteiger partial charge in [-0.1, -0.05) is 12.8 Å². The maximum Gasteiger partial charge on any atom is 0.317 e. The minimum absolute atomic E-state index is 0.0427. The zero-order chi connectivity index (χ0) is 18.2. The number of urea groups is 1. The lowest BCUT2D eigenvalue weighted by Gasteiger charge is -2.36. The fourth-order valence-corrected chi connectivity index (χ4v) is 2.77. The third kappa shape index (κ3) is 4.73. The molecule has 1 saturated heterocycles. The van der Waals surface area contributed by atoms with Gasteiger partial charge in [-0.25, -0.2) is 9.78 Å². The first kappa shape index (κ1) is 17.7. The summed E-state index contributed by atoms with van der Waals surface area (Å²) in [6, 6.07) is 8.22. The van der Waals surface area contributed by atoms with Gasteiger partial charge in [0.15, 0.2) is 0 Å². The minimum Gasteiger partial charge on any atom is -0.368 e. The molecule has 0 spiro atoms. The first-order valence-corrected chi connectivity index (χ1v) is 8.92. The van der Waals surface area contributed by atoms with Crippen LogP contribution in [-0.4, -0.2) is 53.6 Å². The Morgan fingerprint density at radius 2 is 1.88 bits per heavy atom. The van der Waals surface area contributed by atoms with E-state index in [1.54, 1.807) is 18.6 Å². The highest BCUT2D eigenvalue weighted by atomic mass is 16.2. The van der Waals surface area contributed by atoms with Gasteiger partial charge in [-0.3, -0.25) is 4.98 Å². The number of hydrogen-bond donors (Lipinski definition) is 1. The molecule has 2 amide bonds. The number of rotatable bonds is 3. The number of carbonyl (C=O) groups excluding carboxylic acids is 1. The van der Waals surface area contributed by atoms with Crippen LogP contribution in [0.5, 0.6) is 0 Å². The van der Waals surface area contributed by atoms with Crippen molar-refractivity contribution >= 4 is 11.7 Å². The molecular weight excluding hydrogens is 326 g/mol. The maximum atomic E-state index is 12.0. The summed E-state index contributed by atoms with van der Waals surface area (Å²) in [4.78, 5) is 24.3. The number of nitrogens with one attached hydrogen (secondary N) is 1. The van der Waals surface area contributed by atoms with Crippen LogP contribution in [0, 0.1) is 11.8 Å². The Labute approximate surface area is 154 Å². The van der Waals surface area contributed by atoms with Crippen LogP contribution < -0.4 is 10.2 Å². The van der Waals surface area contributed by atoms with Crippen molar-refractivity contribution in [2.45, 2.75) is 13.3 Å². The number of benzene rings is 1. The molecule has 1 aromatic carbocycles. The fourth-order valence-electron chi connectivity index (χ4n) is 2.77. The number of hydrogen-bond acceptors (Lipinski definition) is 4. The third-order valence-corrected chi connectivity index (χ3v) is 4.22. The van der Waals surface area contributed by atoms with Crippen molar-refractivity contribution in [1.82, 2.24) is 20.2 Å². The van der Waals surface area contributed by atoms with Crippen molar-refractivity contribution in [3.63, 3.8) is 0 Å². The van der Waals surface area contributed by atoms with Crippen molar-refractivity contribution < 1.29 is 4.79 Å². The highest BCUT2D eigenvalue weighted by Crippen LogP contribution is 2.17.